The van der Waals surface area contributed by atoms with Crippen LogP contribution in [-0.2, 0) is 19.1 Å². The van der Waals surface area contributed by atoms with Crippen LogP contribution in [0, 0.1) is 5.92 Å². The molecular weight excluding hydrogens is 378 g/mol. The molecule has 0 saturated heterocycles. The van der Waals surface area contributed by atoms with Crippen LogP contribution in [0.4, 0.5) is 5.95 Å². The van der Waals surface area contributed by atoms with E-state index >= 15 is 0 Å². The number of para-hydroxylation sites is 2. The van der Waals surface area contributed by atoms with Gasteiger partial charge in [0.05, 0.1) is 36.8 Å². The number of hydrogen-bond acceptors (Lipinski definition) is 6. The molecule has 1 aliphatic rings. The van der Waals surface area contributed by atoms with Crippen molar-refractivity contribution in [1.82, 2.24) is 9.55 Å². The van der Waals surface area contributed by atoms with E-state index in [1.54, 1.807) is 14.0 Å². The number of rotatable bonds is 6. The van der Waals surface area contributed by atoms with Crippen LogP contribution in [0.15, 0.2) is 41.8 Å². The van der Waals surface area contributed by atoms with E-state index < -0.39 is 17.9 Å². The third-order valence-corrected chi connectivity index (χ3v) is 5.78. The number of benzene rings is 1. The minimum Gasteiger partial charge on any atom is -0.465 e. The van der Waals surface area contributed by atoms with Gasteiger partial charge in [-0.2, -0.15) is 0 Å². The third kappa shape index (κ3) is 2.98. The van der Waals surface area contributed by atoms with E-state index in [-0.39, 0.29) is 12.5 Å². The van der Waals surface area contributed by atoms with Crippen LogP contribution in [0.2, 0.25) is 0 Å². The zero-order valence-corrected chi connectivity index (χ0v) is 16.5. The smallest absolute Gasteiger partial charge is 0.321 e. The Labute approximate surface area is 166 Å². The summed E-state index contributed by atoms with van der Waals surface area (Å²) < 4.78 is 12.5. The summed E-state index contributed by atoms with van der Waals surface area (Å²) in [6, 6.07) is 11.1. The van der Waals surface area contributed by atoms with E-state index in [0.717, 1.165) is 15.9 Å². The van der Waals surface area contributed by atoms with Gasteiger partial charge in [0.15, 0.2) is 5.92 Å². The number of nitrogens with zero attached hydrogens (tertiary/aromatic N) is 3. The zero-order valence-electron chi connectivity index (χ0n) is 15.7. The van der Waals surface area contributed by atoms with Gasteiger partial charge in [-0.3, -0.25) is 19.1 Å². The van der Waals surface area contributed by atoms with Crippen molar-refractivity contribution in [2.24, 2.45) is 5.92 Å². The van der Waals surface area contributed by atoms with Crippen molar-refractivity contribution < 1.29 is 19.1 Å². The summed E-state index contributed by atoms with van der Waals surface area (Å²) in [4.78, 5) is 33.4. The highest BCUT2D eigenvalue weighted by molar-refractivity contribution is 7.10. The van der Waals surface area contributed by atoms with Gasteiger partial charge in [-0.05, 0) is 30.5 Å². The van der Waals surface area contributed by atoms with Crippen LogP contribution >= 0.6 is 11.3 Å². The molecule has 0 bridgehead atoms. The molecular formula is C20H21N3O4S. The van der Waals surface area contributed by atoms with Crippen molar-refractivity contribution in [3.8, 4) is 0 Å². The molecule has 2 aromatic heterocycles. The van der Waals surface area contributed by atoms with Crippen molar-refractivity contribution in [1.29, 1.82) is 0 Å². The van der Waals surface area contributed by atoms with Crippen LogP contribution in [0.25, 0.3) is 11.0 Å². The van der Waals surface area contributed by atoms with Gasteiger partial charge in [-0.1, -0.05) is 18.2 Å². The molecule has 28 heavy (non-hydrogen) atoms. The first-order chi connectivity index (χ1) is 13.7. The fourth-order valence-corrected chi connectivity index (χ4v) is 4.50. The maximum Gasteiger partial charge on any atom is 0.321 e. The van der Waals surface area contributed by atoms with Crippen LogP contribution in [0.5, 0.6) is 0 Å². The number of esters is 1. The second-order valence-corrected chi connectivity index (χ2v) is 7.42. The molecule has 2 atom stereocenters. The fraction of sp³-hybridized carbons (Fsp3) is 0.350. The lowest BCUT2D eigenvalue weighted by Gasteiger charge is -2.37. The van der Waals surface area contributed by atoms with Gasteiger partial charge in [0.1, 0.15) is 0 Å². The average molecular weight is 399 g/mol. The summed E-state index contributed by atoms with van der Waals surface area (Å²) in [6.45, 7) is 2.61. The SMILES string of the molecule is CCOC(=O)[C@H]1C(=O)N(CCOC)c2nc3ccccc3n2[C@@H]1c1cccs1. The monoisotopic (exact) mass is 399 g/mol. The lowest BCUT2D eigenvalue weighted by Crippen LogP contribution is -2.50. The molecule has 0 N–H and O–H groups in total. The molecule has 0 spiro atoms. The first-order valence-electron chi connectivity index (χ1n) is 9.14. The van der Waals surface area contributed by atoms with E-state index in [4.69, 9.17) is 14.5 Å². The molecule has 1 amide bonds. The first-order valence-corrected chi connectivity index (χ1v) is 10.0. The number of imidazole rings is 1. The van der Waals surface area contributed by atoms with Gasteiger partial charge >= 0.3 is 5.97 Å². The maximum atomic E-state index is 13.4. The fourth-order valence-electron chi connectivity index (χ4n) is 3.65. The van der Waals surface area contributed by atoms with Gasteiger partial charge < -0.3 is 9.47 Å². The number of carbonyl (C=O) groups excluding carboxylic acids is 2. The van der Waals surface area contributed by atoms with Crippen molar-refractivity contribution in [3.05, 3.63) is 46.7 Å². The molecule has 0 saturated carbocycles. The Morgan fingerprint density at radius 2 is 2.07 bits per heavy atom. The van der Waals surface area contributed by atoms with E-state index in [2.05, 4.69) is 0 Å². The van der Waals surface area contributed by atoms with Gasteiger partial charge in [0, 0.05) is 12.0 Å². The number of thiophene rings is 1. The van der Waals surface area contributed by atoms with Crippen molar-refractivity contribution >= 4 is 40.2 Å². The summed E-state index contributed by atoms with van der Waals surface area (Å²) in [5.74, 6) is -1.27. The second kappa shape index (κ2) is 7.73. The first kappa shape index (κ1) is 18.6. The predicted molar refractivity (Wildman–Crippen MR) is 107 cm³/mol. The molecule has 3 aromatic rings. The number of anilines is 1. The van der Waals surface area contributed by atoms with E-state index in [0.29, 0.717) is 19.1 Å². The second-order valence-electron chi connectivity index (χ2n) is 6.44. The number of carbonyl (C=O) groups is 2. The van der Waals surface area contributed by atoms with Gasteiger partial charge in [0.25, 0.3) is 0 Å². The van der Waals surface area contributed by atoms with Crippen LogP contribution in [0.1, 0.15) is 17.8 Å². The molecule has 3 heterocycles. The van der Waals surface area contributed by atoms with Crippen molar-refractivity contribution in [2.75, 3.05) is 31.8 Å². The number of hydrogen-bond donors (Lipinski definition) is 0. The molecule has 1 aliphatic heterocycles. The molecule has 8 heteroatoms. The standard InChI is InChI=1S/C20H21N3O4S/c1-3-27-19(25)16-17(15-9-6-12-28-15)23-14-8-5-4-7-13(14)21-20(23)22(18(16)24)10-11-26-2/h4-9,12,16-17H,3,10-11H2,1-2H3/t16-,17-/m1/s1. The molecule has 7 nitrogen and oxygen atoms in total. The molecule has 0 radical (unpaired) electrons. The summed E-state index contributed by atoms with van der Waals surface area (Å²) in [5.41, 5.74) is 1.65. The highest BCUT2D eigenvalue weighted by atomic mass is 32.1. The largest absolute Gasteiger partial charge is 0.465 e. The topological polar surface area (TPSA) is 73.7 Å². The van der Waals surface area contributed by atoms with Gasteiger partial charge in [-0.25, -0.2) is 4.98 Å². The van der Waals surface area contributed by atoms with Crippen molar-refractivity contribution in [3.63, 3.8) is 0 Å². The predicted octanol–water partition coefficient (Wildman–Crippen LogP) is 2.86. The van der Waals surface area contributed by atoms with Crippen LogP contribution in [-0.4, -0.2) is 48.3 Å². The molecule has 1 aromatic carbocycles. The lowest BCUT2D eigenvalue weighted by molar-refractivity contribution is -0.153. The quantitative estimate of drug-likeness (QED) is 0.471. The molecule has 4 rings (SSSR count). The average Bonchev–Trinajstić information content (AvgIpc) is 3.34. The highest BCUT2D eigenvalue weighted by Crippen LogP contribution is 2.42. The third-order valence-electron chi connectivity index (χ3n) is 4.84. The number of methoxy groups -OCH3 is 1. The number of ether oxygens (including phenoxy) is 2. The van der Waals surface area contributed by atoms with Gasteiger partial charge in [-0.15, -0.1) is 11.3 Å². The Morgan fingerprint density at radius 3 is 2.79 bits per heavy atom. The summed E-state index contributed by atoms with van der Waals surface area (Å²) in [6.07, 6.45) is 0. The van der Waals surface area contributed by atoms with Crippen molar-refractivity contribution in [2.45, 2.75) is 13.0 Å². The Kier molecular flexibility index (Phi) is 5.15. The Bertz CT molecular complexity index is 998. The van der Waals surface area contributed by atoms with Crippen LogP contribution < -0.4 is 4.90 Å². The molecule has 0 unspecified atom stereocenters. The Balaban J connectivity index is 1.95. The number of amides is 1. The van der Waals surface area contributed by atoms with E-state index in [1.807, 2.05) is 46.3 Å². The number of fused-ring (bicyclic) bond motifs is 3. The van der Waals surface area contributed by atoms with Gasteiger partial charge in [0.2, 0.25) is 11.9 Å². The minimum absolute atomic E-state index is 0.218. The summed E-state index contributed by atoms with van der Waals surface area (Å²) in [5, 5.41) is 1.94. The number of aromatic nitrogens is 2. The summed E-state index contributed by atoms with van der Waals surface area (Å²) >= 11 is 1.51. The lowest BCUT2D eigenvalue weighted by atomic mass is 9.94. The Morgan fingerprint density at radius 1 is 1.25 bits per heavy atom. The minimum atomic E-state index is -0.972. The zero-order chi connectivity index (χ0) is 19.7. The highest BCUT2D eigenvalue weighted by Gasteiger charge is 2.48. The summed E-state index contributed by atoms with van der Waals surface area (Å²) in [7, 11) is 1.58. The van der Waals surface area contributed by atoms with E-state index in [9.17, 15) is 9.59 Å². The molecule has 0 fully saturated rings. The normalized spacial score (nSPS) is 19.1. The molecule has 146 valence electrons. The van der Waals surface area contributed by atoms with E-state index in [1.165, 1.54) is 16.2 Å². The maximum absolute atomic E-state index is 13.4. The Hall–Kier alpha value is -2.71. The molecule has 0 aliphatic carbocycles. The van der Waals surface area contributed by atoms with Crippen LogP contribution in [0.3, 0.4) is 0 Å².